The minimum atomic E-state index is -1.03. The summed E-state index contributed by atoms with van der Waals surface area (Å²) in [7, 11) is 1.23. The van der Waals surface area contributed by atoms with E-state index in [-0.39, 0.29) is 0 Å². The topological polar surface area (TPSA) is 90.5 Å². The van der Waals surface area contributed by atoms with Gasteiger partial charge in [0.1, 0.15) is 6.04 Å². The first-order valence-corrected chi connectivity index (χ1v) is 8.36. The molecule has 2 atom stereocenters. The number of carbonyl (C=O) groups excluding carboxylic acids is 2. The third kappa shape index (κ3) is 2.73. The first-order chi connectivity index (χ1) is 13.1. The number of nitrogens with one attached hydrogen (secondary N) is 1. The lowest BCUT2D eigenvalue weighted by Crippen LogP contribution is -2.63. The summed E-state index contributed by atoms with van der Waals surface area (Å²) < 4.78 is 11.5. The normalized spacial score (nSPS) is 18.5. The van der Waals surface area contributed by atoms with Crippen LogP contribution in [-0.2, 0) is 14.3 Å². The molecular weight excluding hydrogens is 348 g/mol. The van der Waals surface area contributed by atoms with Gasteiger partial charge in [0, 0.05) is 11.1 Å². The molecule has 7 nitrogen and oxygen atoms in total. The molecule has 2 heterocycles. The highest BCUT2D eigenvalue weighted by Gasteiger charge is 2.49. The second-order valence-electron chi connectivity index (χ2n) is 6.10. The number of hydrogen-bond acceptors (Lipinski definition) is 5. The largest absolute Gasteiger partial charge is 0.467 e. The fourth-order valence-corrected chi connectivity index (χ4v) is 3.24. The highest BCUT2D eigenvalue weighted by atomic mass is 16.5. The Labute approximate surface area is 154 Å². The van der Waals surface area contributed by atoms with Crippen molar-refractivity contribution in [2.45, 2.75) is 12.1 Å². The molecule has 27 heavy (non-hydrogen) atoms. The summed E-state index contributed by atoms with van der Waals surface area (Å²) >= 11 is 0. The van der Waals surface area contributed by atoms with Crippen LogP contribution >= 0.6 is 0 Å². The van der Waals surface area contributed by atoms with Crippen LogP contribution in [0.3, 0.4) is 0 Å². The van der Waals surface area contributed by atoms with Crippen LogP contribution in [0.4, 0.5) is 0 Å². The maximum Gasteiger partial charge on any atom is 0.420 e. The maximum atomic E-state index is 12.7. The van der Waals surface area contributed by atoms with Gasteiger partial charge in [0.2, 0.25) is 5.91 Å². The molecule has 2 unspecified atom stereocenters. The number of ether oxygens (including phenoxy) is 1. The van der Waals surface area contributed by atoms with Crippen LogP contribution in [0.15, 0.2) is 69.9 Å². The van der Waals surface area contributed by atoms with Gasteiger partial charge < -0.3 is 14.5 Å². The average Bonchev–Trinajstić information content (AvgIpc) is 3.03. The molecule has 4 rings (SSSR count). The number of hydrogen-bond donors (Lipinski definition) is 1. The molecule has 136 valence electrons. The quantitative estimate of drug-likeness (QED) is 0.565. The predicted molar refractivity (Wildman–Crippen MR) is 96.8 cm³/mol. The van der Waals surface area contributed by atoms with Gasteiger partial charge in [0.05, 0.1) is 12.8 Å². The van der Waals surface area contributed by atoms with E-state index < -0.39 is 29.7 Å². The summed E-state index contributed by atoms with van der Waals surface area (Å²) in [5, 5.41) is 2.48. The number of methoxy groups -OCH3 is 1. The molecule has 1 fully saturated rings. The van der Waals surface area contributed by atoms with E-state index in [0.29, 0.717) is 22.6 Å². The molecule has 1 N–H and O–H groups in total. The van der Waals surface area contributed by atoms with Crippen LogP contribution in [0.25, 0.3) is 22.6 Å². The van der Waals surface area contributed by atoms with Crippen molar-refractivity contribution in [3.63, 3.8) is 0 Å². The van der Waals surface area contributed by atoms with E-state index in [1.807, 2.05) is 60.7 Å². The standard InChI is InChI=1S/C20H16N2O5/c1-26-19(24)14-16(18(23)21-14)22-15(12-8-4-2-5-9-12)17(27-20(22)25)13-10-6-3-7-11-13/h2-11,14,16H,1H3,(H,21,23). The number of oxazole rings is 1. The second-order valence-corrected chi connectivity index (χ2v) is 6.10. The maximum absolute atomic E-state index is 12.7. The smallest absolute Gasteiger partial charge is 0.420 e. The number of esters is 1. The number of amides is 1. The monoisotopic (exact) mass is 364 g/mol. The number of aromatic nitrogens is 1. The van der Waals surface area contributed by atoms with Crippen molar-refractivity contribution in [3.05, 3.63) is 71.2 Å². The number of β-lactam (4-membered cyclic amide) rings is 1. The van der Waals surface area contributed by atoms with Gasteiger partial charge in [0.25, 0.3) is 0 Å². The summed E-state index contributed by atoms with van der Waals surface area (Å²) in [6.07, 6.45) is 0. The average molecular weight is 364 g/mol. The highest BCUT2D eigenvalue weighted by molar-refractivity contribution is 5.99. The van der Waals surface area contributed by atoms with Gasteiger partial charge >= 0.3 is 11.7 Å². The molecule has 2 aromatic carbocycles. The Hall–Kier alpha value is -3.61. The number of rotatable bonds is 4. The van der Waals surface area contributed by atoms with Gasteiger partial charge in [-0.05, 0) is 0 Å². The van der Waals surface area contributed by atoms with Crippen molar-refractivity contribution in [1.29, 1.82) is 0 Å². The van der Waals surface area contributed by atoms with Crippen molar-refractivity contribution >= 4 is 11.9 Å². The lowest BCUT2D eigenvalue weighted by molar-refractivity contribution is -0.154. The molecule has 1 amide bonds. The van der Waals surface area contributed by atoms with Crippen LogP contribution in [0.5, 0.6) is 0 Å². The van der Waals surface area contributed by atoms with Gasteiger partial charge in [-0.25, -0.2) is 9.59 Å². The summed E-state index contributed by atoms with van der Waals surface area (Å²) in [5.41, 5.74) is 1.84. The van der Waals surface area contributed by atoms with Crippen LogP contribution in [0, 0.1) is 0 Å². The third-order valence-electron chi connectivity index (χ3n) is 4.54. The van der Waals surface area contributed by atoms with Crippen molar-refractivity contribution in [1.82, 2.24) is 9.88 Å². The minimum Gasteiger partial charge on any atom is -0.467 e. The molecule has 1 aliphatic heterocycles. The molecule has 0 saturated carbocycles. The molecule has 0 spiro atoms. The zero-order chi connectivity index (χ0) is 19.0. The molecule has 7 heteroatoms. The van der Waals surface area contributed by atoms with E-state index in [1.165, 1.54) is 11.7 Å². The first kappa shape index (κ1) is 16.8. The molecule has 0 radical (unpaired) electrons. The van der Waals surface area contributed by atoms with Crippen molar-refractivity contribution in [2.75, 3.05) is 7.11 Å². The molecular formula is C20H16N2O5. The fraction of sp³-hybridized carbons (Fsp3) is 0.150. The van der Waals surface area contributed by atoms with E-state index in [9.17, 15) is 14.4 Å². The Morgan fingerprint density at radius 2 is 1.59 bits per heavy atom. The summed E-state index contributed by atoms with van der Waals surface area (Å²) in [4.78, 5) is 36.9. The first-order valence-electron chi connectivity index (χ1n) is 8.36. The molecule has 1 saturated heterocycles. The van der Waals surface area contributed by atoms with Gasteiger partial charge in [-0.1, -0.05) is 60.7 Å². The Kier molecular flexibility index (Phi) is 4.12. The van der Waals surface area contributed by atoms with Crippen LogP contribution in [-0.4, -0.2) is 29.6 Å². The lowest BCUT2D eigenvalue weighted by atomic mass is 9.97. The second kappa shape index (κ2) is 6.60. The molecule has 3 aromatic rings. The lowest BCUT2D eigenvalue weighted by Gasteiger charge is -2.35. The van der Waals surface area contributed by atoms with Gasteiger partial charge in [-0.15, -0.1) is 0 Å². The summed E-state index contributed by atoms with van der Waals surface area (Å²) in [6, 6.07) is 16.3. The number of benzene rings is 2. The number of carbonyl (C=O) groups is 2. The van der Waals surface area contributed by atoms with E-state index in [4.69, 9.17) is 9.15 Å². The molecule has 1 aliphatic rings. The molecule has 1 aromatic heterocycles. The van der Waals surface area contributed by atoms with Crippen molar-refractivity contribution < 1.29 is 18.7 Å². The Bertz CT molecular complexity index is 1050. The fourth-order valence-electron chi connectivity index (χ4n) is 3.24. The Morgan fingerprint density at radius 1 is 1.00 bits per heavy atom. The van der Waals surface area contributed by atoms with E-state index >= 15 is 0 Å². The predicted octanol–water partition coefficient (Wildman–Crippen LogP) is 1.99. The zero-order valence-corrected chi connectivity index (χ0v) is 14.4. The highest BCUT2D eigenvalue weighted by Crippen LogP contribution is 2.35. The molecule has 0 aliphatic carbocycles. The summed E-state index contributed by atoms with van der Waals surface area (Å²) in [6.45, 7) is 0. The van der Waals surface area contributed by atoms with Crippen LogP contribution in [0.1, 0.15) is 6.04 Å². The van der Waals surface area contributed by atoms with E-state index in [2.05, 4.69) is 5.32 Å². The van der Waals surface area contributed by atoms with E-state index in [1.54, 1.807) is 0 Å². The third-order valence-corrected chi connectivity index (χ3v) is 4.54. The Balaban J connectivity index is 1.95. The summed E-state index contributed by atoms with van der Waals surface area (Å²) in [5.74, 6) is -1.42. The van der Waals surface area contributed by atoms with Crippen LogP contribution in [0.2, 0.25) is 0 Å². The minimum absolute atomic E-state index is 0.343. The molecule has 0 bridgehead atoms. The van der Waals surface area contributed by atoms with Crippen molar-refractivity contribution in [3.8, 4) is 22.6 Å². The van der Waals surface area contributed by atoms with Gasteiger partial charge in [-0.2, -0.15) is 0 Å². The van der Waals surface area contributed by atoms with E-state index in [0.717, 1.165) is 0 Å². The Morgan fingerprint density at radius 3 is 2.15 bits per heavy atom. The van der Waals surface area contributed by atoms with Gasteiger partial charge in [-0.3, -0.25) is 9.36 Å². The van der Waals surface area contributed by atoms with Crippen molar-refractivity contribution in [2.24, 2.45) is 0 Å². The number of nitrogens with zero attached hydrogens (tertiary/aromatic N) is 1. The van der Waals surface area contributed by atoms with Crippen LogP contribution < -0.4 is 11.1 Å². The zero-order valence-electron chi connectivity index (χ0n) is 14.4. The SMILES string of the molecule is COC(=O)C1NC(=O)C1n1c(-c2ccccc2)c(-c2ccccc2)oc1=O. The van der Waals surface area contributed by atoms with Gasteiger partial charge in [0.15, 0.2) is 11.8 Å².